The molecule has 1 aromatic heterocycles. The predicted octanol–water partition coefficient (Wildman–Crippen LogP) is 6.90. The quantitative estimate of drug-likeness (QED) is 0.135. The molecule has 0 saturated heterocycles. The first-order valence-corrected chi connectivity index (χ1v) is 16.9. The topological polar surface area (TPSA) is 157 Å². The molecule has 1 aliphatic carbocycles. The number of aliphatic hydroxyl groups excluding tert-OH is 1. The van der Waals surface area contributed by atoms with Crippen molar-refractivity contribution in [3.05, 3.63) is 64.8 Å². The van der Waals surface area contributed by atoms with Gasteiger partial charge in [0.25, 0.3) is 5.91 Å². The molecule has 0 radical (unpaired) electrons. The number of ether oxygens (including phenoxy) is 1. The highest BCUT2D eigenvalue weighted by Crippen LogP contribution is 2.61. The van der Waals surface area contributed by atoms with Crippen LogP contribution in [0.4, 0.5) is 36.3 Å². The zero-order valence-corrected chi connectivity index (χ0v) is 27.8. The Balaban J connectivity index is 1.73. The molecule has 256 valence electrons. The Bertz CT molecular complexity index is 1640. The van der Waals surface area contributed by atoms with Crippen LogP contribution in [0.15, 0.2) is 42.6 Å². The molecule has 4 rings (SSSR count). The van der Waals surface area contributed by atoms with Gasteiger partial charge in [-0.3, -0.25) is 9.36 Å². The summed E-state index contributed by atoms with van der Waals surface area (Å²) in [7, 11) is -0.137. The number of carbonyl (C=O) groups excluding carboxylic acids is 1. The van der Waals surface area contributed by atoms with E-state index < -0.39 is 36.2 Å². The van der Waals surface area contributed by atoms with Gasteiger partial charge < -0.3 is 35.2 Å². The molecule has 0 atom stereocenters. The summed E-state index contributed by atoms with van der Waals surface area (Å²) in [6, 6.07) is 9.50. The van der Waals surface area contributed by atoms with Crippen LogP contribution >= 0.6 is 7.60 Å². The van der Waals surface area contributed by atoms with E-state index in [1.165, 1.54) is 30.2 Å². The summed E-state index contributed by atoms with van der Waals surface area (Å²) in [5.74, 6) is -0.961. The molecule has 1 fully saturated rings. The van der Waals surface area contributed by atoms with E-state index in [9.17, 15) is 37.4 Å². The van der Waals surface area contributed by atoms with Gasteiger partial charge in [0.1, 0.15) is 17.1 Å². The van der Waals surface area contributed by atoms with Crippen molar-refractivity contribution in [3.63, 3.8) is 0 Å². The van der Waals surface area contributed by atoms with Crippen LogP contribution in [0.3, 0.4) is 0 Å². The lowest BCUT2D eigenvalue weighted by Gasteiger charge is -2.33. The molecule has 0 unspecified atom stereocenters. The zero-order valence-electron chi connectivity index (χ0n) is 26.9. The van der Waals surface area contributed by atoms with Crippen LogP contribution in [0.1, 0.15) is 85.3 Å². The molecule has 1 amide bonds. The first-order valence-electron chi connectivity index (χ1n) is 15.3. The van der Waals surface area contributed by atoms with Crippen LogP contribution in [-0.2, 0) is 15.9 Å². The van der Waals surface area contributed by atoms with Crippen molar-refractivity contribution in [2.45, 2.75) is 75.7 Å². The van der Waals surface area contributed by atoms with E-state index in [-0.39, 0.29) is 53.5 Å². The van der Waals surface area contributed by atoms with E-state index in [4.69, 9.17) is 4.74 Å². The Morgan fingerprint density at radius 3 is 2.21 bits per heavy atom. The van der Waals surface area contributed by atoms with Crippen molar-refractivity contribution in [2.24, 2.45) is 0 Å². The molecular weight excluding hydrogens is 638 g/mol. The third-order valence-electron chi connectivity index (χ3n) is 8.91. The number of methoxy groups -OCH3 is 1. The van der Waals surface area contributed by atoms with Gasteiger partial charge >= 0.3 is 13.8 Å². The Labute approximate surface area is 271 Å². The molecule has 47 heavy (non-hydrogen) atoms. The number of nitrogens with zero attached hydrogens (tertiary/aromatic N) is 3. The Morgan fingerprint density at radius 2 is 1.66 bits per heavy atom. The number of benzene rings is 2. The maximum atomic E-state index is 14.2. The summed E-state index contributed by atoms with van der Waals surface area (Å²) in [5, 5.41) is 14.0. The smallest absolute Gasteiger partial charge is 0.421 e. The molecule has 0 bridgehead atoms. The van der Waals surface area contributed by atoms with E-state index >= 15 is 0 Å². The fraction of sp³-hybridized carbons (Fsp3) is 0.469. The number of aromatic nitrogens is 2. The van der Waals surface area contributed by atoms with Gasteiger partial charge in [0.15, 0.2) is 0 Å². The third-order valence-corrected chi connectivity index (χ3v) is 10.9. The van der Waals surface area contributed by atoms with Gasteiger partial charge in [-0.1, -0.05) is 26.0 Å². The number of hydrogen-bond donors (Lipinski definition) is 5. The lowest BCUT2D eigenvalue weighted by atomic mass is 9.82. The number of anilines is 4. The van der Waals surface area contributed by atoms with Gasteiger partial charge in [-0.15, -0.1) is 0 Å². The monoisotopic (exact) mass is 679 g/mol. The summed E-state index contributed by atoms with van der Waals surface area (Å²) < 4.78 is 60.4. The van der Waals surface area contributed by atoms with Crippen LogP contribution in [0.2, 0.25) is 0 Å². The Morgan fingerprint density at radius 1 is 1.02 bits per heavy atom. The van der Waals surface area contributed by atoms with Crippen molar-refractivity contribution < 1.29 is 42.2 Å². The van der Waals surface area contributed by atoms with Gasteiger partial charge in [0.2, 0.25) is 5.95 Å². The highest BCUT2D eigenvalue weighted by atomic mass is 31.2. The highest BCUT2D eigenvalue weighted by Gasteiger charge is 2.45. The number of rotatable bonds is 11. The van der Waals surface area contributed by atoms with Crippen LogP contribution in [0.5, 0.6) is 5.75 Å². The minimum atomic E-state index is -4.83. The number of halogens is 3. The molecule has 0 aliphatic heterocycles. The fourth-order valence-electron chi connectivity index (χ4n) is 6.07. The fourth-order valence-corrected chi connectivity index (χ4v) is 7.37. The SMILES string of the molecule is CCC(CC)(c1ccc(Nc2ncc(C(F)(F)F)c(Nc3ccc([C@H]4CC[C@@H](O)CC4)cc3C(=O)N(C)C)n2)c(OC)c1)P(=O)(O)O. The predicted molar refractivity (Wildman–Crippen MR) is 173 cm³/mol. The second-order valence-corrected chi connectivity index (χ2v) is 13.9. The highest BCUT2D eigenvalue weighted by molar-refractivity contribution is 7.53. The number of amides is 1. The van der Waals surface area contributed by atoms with Gasteiger partial charge in [0.05, 0.1) is 35.3 Å². The minimum absolute atomic E-state index is 0.102. The average Bonchev–Trinajstić information content (AvgIpc) is 3.01. The summed E-state index contributed by atoms with van der Waals surface area (Å²) in [5.41, 5.74) is 0.583. The van der Waals surface area contributed by atoms with Crippen LogP contribution in [0, 0.1) is 0 Å². The zero-order chi connectivity index (χ0) is 34.7. The molecule has 11 nitrogen and oxygen atoms in total. The van der Waals surface area contributed by atoms with Crippen LogP contribution in [0.25, 0.3) is 0 Å². The Kier molecular flexibility index (Phi) is 10.9. The van der Waals surface area contributed by atoms with Gasteiger partial charge in [-0.2, -0.15) is 18.2 Å². The molecule has 3 aromatic rings. The average molecular weight is 680 g/mol. The maximum absolute atomic E-state index is 14.2. The van der Waals surface area contributed by atoms with Crippen molar-refractivity contribution >= 4 is 36.6 Å². The lowest BCUT2D eigenvalue weighted by molar-refractivity contribution is -0.137. The summed E-state index contributed by atoms with van der Waals surface area (Å²) in [6.07, 6.45) is -1.55. The molecule has 15 heteroatoms. The first kappa shape index (κ1) is 36.1. The molecule has 0 spiro atoms. The van der Waals surface area contributed by atoms with Crippen molar-refractivity contribution in [1.82, 2.24) is 14.9 Å². The van der Waals surface area contributed by atoms with Crippen LogP contribution < -0.4 is 15.4 Å². The number of carbonyl (C=O) groups is 1. The molecule has 1 saturated carbocycles. The molecule has 1 heterocycles. The van der Waals surface area contributed by atoms with Crippen LogP contribution in [-0.4, -0.2) is 63.0 Å². The first-order chi connectivity index (χ1) is 22.0. The van der Waals surface area contributed by atoms with E-state index in [1.54, 1.807) is 46.1 Å². The summed E-state index contributed by atoms with van der Waals surface area (Å²) in [6.45, 7) is 3.36. The largest absolute Gasteiger partial charge is 0.495 e. The van der Waals surface area contributed by atoms with Gasteiger partial charge in [-0.25, -0.2) is 4.98 Å². The molecule has 1 aliphatic rings. The van der Waals surface area contributed by atoms with Crippen molar-refractivity contribution in [1.29, 1.82) is 0 Å². The van der Waals surface area contributed by atoms with Crippen molar-refractivity contribution in [3.8, 4) is 5.75 Å². The summed E-state index contributed by atoms with van der Waals surface area (Å²) in [4.78, 5) is 42.9. The number of nitrogens with one attached hydrogen (secondary N) is 2. The second-order valence-electron chi connectivity index (χ2n) is 11.9. The van der Waals surface area contributed by atoms with Crippen molar-refractivity contribution in [2.75, 3.05) is 31.8 Å². The van der Waals surface area contributed by atoms with E-state index in [0.717, 1.165) is 18.4 Å². The third kappa shape index (κ3) is 7.72. The van der Waals surface area contributed by atoms with Gasteiger partial charge in [-0.05, 0) is 79.8 Å². The minimum Gasteiger partial charge on any atom is -0.495 e. The lowest BCUT2D eigenvalue weighted by Crippen LogP contribution is -2.24. The molecule has 5 N–H and O–H groups in total. The summed E-state index contributed by atoms with van der Waals surface area (Å²) >= 11 is 0. The molecule has 2 aromatic carbocycles. The van der Waals surface area contributed by atoms with E-state index in [2.05, 4.69) is 20.6 Å². The second kappa shape index (κ2) is 14.2. The normalized spacial score (nSPS) is 17.3. The Hall–Kier alpha value is -3.71. The maximum Gasteiger partial charge on any atom is 0.421 e. The standard InChI is InChI=1S/C32H41F3N5O6P/c1-6-31(7-2,47(43,44)45)21-11-15-26(27(17-21)46-5)38-30-36-18-24(32(33,34)35)28(39-30)37-25-14-10-20(16-23(25)29(42)40(3)4)19-8-12-22(41)13-9-19/h10-11,14-19,22,41H,6-9,12-13H2,1-5H3,(H2,43,44,45)(H2,36,37,38,39)/t19-,22+. The van der Waals surface area contributed by atoms with E-state index in [0.29, 0.717) is 24.6 Å². The van der Waals surface area contributed by atoms with Gasteiger partial charge in [0, 0.05) is 20.3 Å². The number of alkyl halides is 3. The number of aliphatic hydroxyl groups is 1. The molecular formula is C32H41F3N5O6P. The van der Waals surface area contributed by atoms with E-state index in [1.807, 2.05) is 0 Å². The number of hydrogen-bond acceptors (Lipinski definition) is 8.